The van der Waals surface area contributed by atoms with Crippen LogP contribution in [-0.2, 0) is 6.42 Å². The van der Waals surface area contributed by atoms with Gasteiger partial charge in [0.1, 0.15) is 0 Å². The lowest BCUT2D eigenvalue weighted by molar-refractivity contribution is 0.0980. The van der Waals surface area contributed by atoms with E-state index in [1.807, 2.05) is 36.4 Å². The number of ketones is 2. The summed E-state index contributed by atoms with van der Waals surface area (Å²) in [5.41, 5.74) is 10.6. The number of rotatable bonds is 6. The first-order chi connectivity index (χ1) is 17.5. The van der Waals surface area contributed by atoms with E-state index in [4.69, 9.17) is 0 Å². The molecule has 0 radical (unpaired) electrons. The summed E-state index contributed by atoms with van der Waals surface area (Å²) in [5, 5.41) is 0. The van der Waals surface area contributed by atoms with Gasteiger partial charge in [-0.05, 0) is 78.1 Å². The summed E-state index contributed by atoms with van der Waals surface area (Å²) in [7, 11) is 0. The number of fused-ring (bicyclic) bond motifs is 2. The lowest BCUT2D eigenvalue weighted by atomic mass is 9.72. The molecule has 0 unspecified atom stereocenters. The quantitative estimate of drug-likeness (QED) is 0.232. The monoisotopic (exact) mass is 472 g/mol. The van der Waals surface area contributed by atoms with Gasteiger partial charge >= 0.3 is 0 Å². The van der Waals surface area contributed by atoms with E-state index in [9.17, 15) is 9.59 Å². The van der Waals surface area contributed by atoms with Crippen molar-refractivity contribution in [2.75, 3.05) is 0 Å². The Balaban J connectivity index is 1.96. The molecule has 180 valence electrons. The minimum atomic E-state index is -0.0588. The fraction of sp³-hybridized carbons (Fsp3) is 0.235. The third kappa shape index (κ3) is 3.82. The molecule has 0 N–H and O–H groups in total. The Kier molecular flexibility index (Phi) is 6.45. The average molecular weight is 473 g/mol. The topological polar surface area (TPSA) is 34.1 Å². The molecule has 2 nitrogen and oxygen atoms in total. The van der Waals surface area contributed by atoms with Gasteiger partial charge in [0.05, 0.1) is 0 Å². The smallest absolute Gasteiger partial charge is 0.195 e. The van der Waals surface area contributed by atoms with E-state index < -0.39 is 0 Å². The summed E-state index contributed by atoms with van der Waals surface area (Å²) in [6.07, 6.45) is 4.16. The van der Waals surface area contributed by atoms with Gasteiger partial charge in [-0.2, -0.15) is 0 Å². The highest BCUT2D eigenvalue weighted by atomic mass is 16.1. The highest BCUT2D eigenvalue weighted by Gasteiger charge is 2.37. The van der Waals surface area contributed by atoms with Crippen LogP contribution in [0.1, 0.15) is 80.3 Å². The van der Waals surface area contributed by atoms with Crippen LogP contribution in [0.4, 0.5) is 0 Å². The lowest BCUT2D eigenvalue weighted by Gasteiger charge is -2.29. The molecule has 0 saturated heterocycles. The van der Waals surface area contributed by atoms with Crippen LogP contribution in [0.25, 0.3) is 22.3 Å². The van der Waals surface area contributed by atoms with E-state index in [1.54, 1.807) is 12.1 Å². The molecule has 0 spiro atoms. The normalized spacial score (nSPS) is 12.4. The van der Waals surface area contributed by atoms with Crippen LogP contribution < -0.4 is 0 Å². The summed E-state index contributed by atoms with van der Waals surface area (Å²) in [5.74, 6) is -0.110. The minimum absolute atomic E-state index is 0.0509. The molecule has 0 aliphatic heterocycles. The largest absolute Gasteiger partial charge is 0.289 e. The maximum atomic E-state index is 14.3. The molecule has 1 aliphatic carbocycles. The zero-order valence-electron chi connectivity index (χ0n) is 21.6. The van der Waals surface area contributed by atoms with Gasteiger partial charge in [0, 0.05) is 22.3 Å². The number of carbonyl (C=O) groups excluding carboxylic acids is 2. The number of unbranched alkanes of at least 4 members (excludes halogenated alkanes) is 2. The molecule has 1 aliphatic rings. The summed E-state index contributed by atoms with van der Waals surface area (Å²) in [4.78, 5) is 28.5. The van der Waals surface area contributed by atoms with Crippen LogP contribution in [-0.4, -0.2) is 11.6 Å². The van der Waals surface area contributed by atoms with Gasteiger partial charge in [-0.25, -0.2) is 0 Å². The van der Waals surface area contributed by atoms with Crippen molar-refractivity contribution >= 4 is 11.6 Å². The molecule has 0 bridgehead atoms. The first kappa shape index (κ1) is 23.9. The van der Waals surface area contributed by atoms with Crippen molar-refractivity contribution in [1.29, 1.82) is 0 Å². The number of benzene rings is 4. The Morgan fingerprint density at radius 1 is 0.528 bits per heavy atom. The Hall–Kier alpha value is -3.78. The zero-order chi connectivity index (χ0) is 25.4. The molecule has 0 saturated carbocycles. The molecule has 0 fully saturated rings. The van der Waals surface area contributed by atoms with E-state index >= 15 is 0 Å². The van der Waals surface area contributed by atoms with Crippen LogP contribution in [0.5, 0.6) is 0 Å². The molecule has 5 rings (SSSR count). The van der Waals surface area contributed by atoms with Crippen molar-refractivity contribution in [1.82, 2.24) is 0 Å². The number of hydrogen-bond acceptors (Lipinski definition) is 2. The van der Waals surface area contributed by atoms with E-state index in [0.29, 0.717) is 22.3 Å². The standard InChI is InChI=1S/C34H32O2/c1-5-6-7-18-26-23(4)29(24-16-10-8-14-21(24)2)31-32(30(26)25-17-11-9-15-22(25)3)34(36)28-20-13-12-19-27(28)33(31)35/h8-17,19-20H,5-7,18H2,1-4H3. The van der Waals surface area contributed by atoms with Crippen LogP contribution in [0, 0.1) is 20.8 Å². The Labute approximate surface area is 214 Å². The Morgan fingerprint density at radius 2 is 0.972 bits per heavy atom. The van der Waals surface area contributed by atoms with Gasteiger partial charge < -0.3 is 0 Å². The summed E-state index contributed by atoms with van der Waals surface area (Å²) < 4.78 is 0. The SMILES string of the molecule is CCCCCc1c(C)c(-c2ccccc2C)c2c(c1-c1ccccc1C)C(=O)c1ccccc1C2=O. The Morgan fingerprint density at radius 3 is 1.47 bits per heavy atom. The van der Waals surface area contributed by atoms with Crippen molar-refractivity contribution in [3.05, 3.63) is 117 Å². The molecule has 2 heteroatoms. The zero-order valence-corrected chi connectivity index (χ0v) is 21.6. The summed E-state index contributed by atoms with van der Waals surface area (Å²) >= 11 is 0. The van der Waals surface area contributed by atoms with Crippen LogP contribution >= 0.6 is 0 Å². The molecular weight excluding hydrogens is 440 g/mol. The van der Waals surface area contributed by atoms with Crippen molar-refractivity contribution in [3.63, 3.8) is 0 Å². The lowest BCUT2D eigenvalue weighted by Crippen LogP contribution is -2.25. The van der Waals surface area contributed by atoms with E-state index in [2.05, 4.69) is 52.0 Å². The highest BCUT2D eigenvalue weighted by Crippen LogP contribution is 2.46. The summed E-state index contributed by atoms with van der Waals surface area (Å²) in [6, 6.07) is 23.7. The molecule has 36 heavy (non-hydrogen) atoms. The maximum absolute atomic E-state index is 14.3. The third-order valence-electron chi connectivity index (χ3n) is 7.61. The second-order valence-corrected chi connectivity index (χ2v) is 9.89. The fourth-order valence-electron chi connectivity index (χ4n) is 5.73. The van der Waals surface area contributed by atoms with Crippen molar-refractivity contribution in [3.8, 4) is 22.3 Å². The van der Waals surface area contributed by atoms with Crippen LogP contribution in [0.15, 0.2) is 72.8 Å². The van der Waals surface area contributed by atoms with E-state index in [-0.39, 0.29) is 11.6 Å². The van der Waals surface area contributed by atoms with Crippen LogP contribution in [0.3, 0.4) is 0 Å². The van der Waals surface area contributed by atoms with E-state index in [0.717, 1.165) is 64.6 Å². The predicted octanol–water partition coefficient (Wildman–Crippen LogP) is 8.45. The van der Waals surface area contributed by atoms with Crippen molar-refractivity contribution < 1.29 is 9.59 Å². The highest BCUT2D eigenvalue weighted by molar-refractivity contribution is 6.32. The third-order valence-corrected chi connectivity index (χ3v) is 7.61. The number of carbonyl (C=O) groups is 2. The van der Waals surface area contributed by atoms with Gasteiger partial charge in [0.25, 0.3) is 0 Å². The molecular formula is C34H32O2. The number of aryl methyl sites for hydroxylation is 2. The second kappa shape index (κ2) is 9.70. The second-order valence-electron chi connectivity index (χ2n) is 9.89. The predicted molar refractivity (Wildman–Crippen MR) is 148 cm³/mol. The van der Waals surface area contributed by atoms with Gasteiger partial charge in [0.2, 0.25) is 0 Å². The van der Waals surface area contributed by atoms with Gasteiger partial charge in [-0.3, -0.25) is 9.59 Å². The van der Waals surface area contributed by atoms with Gasteiger partial charge in [-0.15, -0.1) is 0 Å². The molecule has 0 aromatic heterocycles. The van der Waals surface area contributed by atoms with Crippen LogP contribution in [0.2, 0.25) is 0 Å². The van der Waals surface area contributed by atoms with E-state index in [1.165, 1.54) is 5.56 Å². The molecule has 4 aromatic carbocycles. The van der Waals surface area contributed by atoms with Crippen molar-refractivity contribution in [2.45, 2.75) is 53.4 Å². The number of hydrogen-bond donors (Lipinski definition) is 0. The average Bonchev–Trinajstić information content (AvgIpc) is 2.89. The Bertz CT molecular complexity index is 1510. The maximum Gasteiger partial charge on any atom is 0.195 e. The van der Waals surface area contributed by atoms with Gasteiger partial charge in [0.15, 0.2) is 11.6 Å². The fourth-order valence-corrected chi connectivity index (χ4v) is 5.73. The molecule has 4 aromatic rings. The summed E-state index contributed by atoms with van der Waals surface area (Å²) in [6.45, 7) is 8.52. The molecule has 0 amide bonds. The molecule has 0 heterocycles. The first-order valence-electron chi connectivity index (χ1n) is 13.0. The first-order valence-corrected chi connectivity index (χ1v) is 13.0. The van der Waals surface area contributed by atoms with Gasteiger partial charge in [-0.1, -0.05) is 92.6 Å². The van der Waals surface area contributed by atoms with Crippen molar-refractivity contribution in [2.24, 2.45) is 0 Å². The molecule has 0 atom stereocenters. The minimum Gasteiger partial charge on any atom is -0.289 e.